The Kier molecular flexibility index (Phi) is 22.5. The molecule has 0 saturated carbocycles. The van der Waals surface area contributed by atoms with Crippen molar-refractivity contribution in [2.24, 2.45) is 0 Å². The Morgan fingerprint density at radius 2 is 0.607 bits per heavy atom. The van der Waals surface area contributed by atoms with Crippen molar-refractivity contribution < 1.29 is 57.2 Å². The lowest BCUT2D eigenvalue weighted by atomic mass is 10.0. The number of carbonyl (C=O) groups is 6. The number of methoxy groups -OCH3 is 3. The lowest BCUT2D eigenvalue weighted by Gasteiger charge is -2.22. The summed E-state index contributed by atoms with van der Waals surface area (Å²) in [5.74, 6) is -2.73. The van der Waals surface area contributed by atoms with Crippen LogP contribution in [0.5, 0.6) is 17.2 Å². The van der Waals surface area contributed by atoms with Crippen LogP contribution in [0, 0.1) is 59.7 Å². The summed E-state index contributed by atoms with van der Waals surface area (Å²) < 4.78 is 31.4. The van der Waals surface area contributed by atoms with Crippen molar-refractivity contribution in [2.45, 2.75) is 70.9 Å². The van der Waals surface area contributed by atoms with E-state index in [0.29, 0.717) is 28.0 Å². The van der Waals surface area contributed by atoms with Crippen molar-refractivity contribution in [1.29, 1.82) is 0 Å². The smallest absolute Gasteiger partial charge is 0.343 e. The van der Waals surface area contributed by atoms with Gasteiger partial charge in [-0.15, -0.1) is 0 Å². The van der Waals surface area contributed by atoms with Crippen LogP contribution < -0.4 is 14.2 Å². The third kappa shape index (κ3) is 16.7. The van der Waals surface area contributed by atoms with Gasteiger partial charge in [-0.2, -0.15) is 0 Å². The minimum absolute atomic E-state index is 0.102. The molecule has 0 aliphatic heterocycles. The molecule has 0 bridgehead atoms. The van der Waals surface area contributed by atoms with Crippen molar-refractivity contribution in [1.82, 2.24) is 0 Å². The number of carbonyl (C=O) groups excluding carboxylic acids is 6. The van der Waals surface area contributed by atoms with Crippen molar-refractivity contribution in [3.8, 4) is 17.2 Å². The van der Waals surface area contributed by atoms with Gasteiger partial charge in [-0.3, -0.25) is 0 Å². The van der Waals surface area contributed by atoms with Gasteiger partial charge in [0.25, 0.3) is 0 Å². The molecule has 0 heterocycles. The summed E-state index contributed by atoms with van der Waals surface area (Å²) >= 11 is 4.93. The number of benzene rings is 9. The molecular weight excluding hydrogens is 1120 g/mol. The molecule has 12 nitrogen and oxygen atoms in total. The maximum absolute atomic E-state index is 13.4. The zero-order chi connectivity index (χ0) is 60.3. The summed E-state index contributed by atoms with van der Waals surface area (Å²) in [4.78, 5) is 80.7. The lowest BCUT2D eigenvalue weighted by molar-refractivity contribution is 0.0591. The van der Waals surface area contributed by atoms with Gasteiger partial charge in [0.15, 0.2) is 11.5 Å². The van der Waals surface area contributed by atoms with Crippen LogP contribution in [0.3, 0.4) is 0 Å². The highest BCUT2D eigenvalue weighted by molar-refractivity contribution is 8.00. The van der Waals surface area contributed by atoms with Gasteiger partial charge >= 0.3 is 35.8 Å². The number of esters is 6. The van der Waals surface area contributed by atoms with Crippen LogP contribution in [-0.4, -0.2) is 57.1 Å². The van der Waals surface area contributed by atoms with Gasteiger partial charge in [0.1, 0.15) is 5.75 Å². The fraction of sp³-hybridized carbons (Fsp3) is 0.130. The van der Waals surface area contributed by atoms with E-state index in [9.17, 15) is 28.8 Å². The standard InChI is InChI=1S/C36H34O8S.C21H15O4S.C12H8S/c1-19-9-10-20(2)31(21(19)3)45-32-23(5)22(4)29(43-35(39)27-15-11-25(12-16-27)33(37)41-7)30(24(32)6)44-36(40)28-17-13-26(14-18-28)34(38)42-8;1-24-20(22)15-7-9-16(10-8-15)21(23)25-17-11-13-19(14-12-17)26-18-5-3-2-4-6-18;1-3-7-11(8-4-1)13-12-9-5-2-6-10-12/h9-18H,1-8H3;3-14H,1H3;3-10H. The Balaban J connectivity index is 0.000000215. The van der Waals surface area contributed by atoms with Gasteiger partial charge in [0, 0.05) is 34.9 Å². The molecule has 0 aromatic heterocycles. The molecule has 0 aliphatic carbocycles. The summed E-state index contributed by atoms with van der Waals surface area (Å²) in [6.45, 7) is 11.7. The highest BCUT2D eigenvalue weighted by Gasteiger charge is 2.27. The Bertz CT molecular complexity index is 3720. The predicted octanol–water partition coefficient (Wildman–Crippen LogP) is 15.8. The van der Waals surface area contributed by atoms with Gasteiger partial charge < -0.3 is 28.4 Å². The monoisotopic (exact) mass is 1170 g/mol. The molecule has 0 unspecified atom stereocenters. The third-order valence-electron chi connectivity index (χ3n) is 12.8. The van der Waals surface area contributed by atoms with Crippen LogP contribution in [0.15, 0.2) is 211 Å². The summed E-state index contributed by atoms with van der Waals surface area (Å²) in [6.07, 6.45) is 0. The Morgan fingerprint density at radius 3 is 0.964 bits per heavy atom. The molecule has 9 rings (SSSR count). The lowest BCUT2D eigenvalue weighted by Crippen LogP contribution is -2.16. The summed E-state index contributed by atoms with van der Waals surface area (Å²) in [5, 5.41) is 0. The number of hydrogen-bond acceptors (Lipinski definition) is 15. The fourth-order valence-electron chi connectivity index (χ4n) is 7.87. The van der Waals surface area contributed by atoms with Gasteiger partial charge in [-0.05, 0) is 221 Å². The van der Waals surface area contributed by atoms with Gasteiger partial charge in [0.2, 0.25) is 0 Å². The largest absolute Gasteiger partial charge is 0.465 e. The normalized spacial score (nSPS) is 10.4. The van der Waals surface area contributed by atoms with E-state index >= 15 is 0 Å². The molecule has 9 aromatic carbocycles. The molecule has 9 aromatic rings. The average molecular weight is 1170 g/mol. The molecule has 0 N–H and O–H groups in total. The average Bonchev–Trinajstić information content (AvgIpc) is 2.51. The third-order valence-corrected chi connectivity index (χ3v) is 16.5. The van der Waals surface area contributed by atoms with E-state index in [4.69, 9.17) is 23.7 Å². The van der Waals surface area contributed by atoms with Crippen molar-refractivity contribution >= 4 is 71.1 Å². The predicted molar refractivity (Wildman–Crippen MR) is 324 cm³/mol. The molecule has 423 valence electrons. The van der Waals surface area contributed by atoms with Gasteiger partial charge in [0.05, 0.1) is 54.7 Å². The van der Waals surface area contributed by atoms with Gasteiger partial charge in [-0.1, -0.05) is 83.8 Å². The van der Waals surface area contributed by atoms with E-state index in [1.165, 1.54) is 104 Å². The second-order valence-electron chi connectivity index (χ2n) is 18.4. The Labute approximate surface area is 501 Å². The number of ether oxygens (including phenoxy) is 6. The topological polar surface area (TPSA) is 158 Å². The quantitative estimate of drug-likeness (QED) is 0.0542. The second-order valence-corrected chi connectivity index (χ2v) is 21.7. The molecule has 15 heteroatoms. The number of hydrogen-bond donors (Lipinski definition) is 0. The maximum Gasteiger partial charge on any atom is 0.343 e. The molecular formula is C69H57O12S3. The summed E-state index contributed by atoms with van der Waals surface area (Å²) in [7, 11) is 3.86. The SMILES string of the molecule is COC(=O)c1ccc(C(=O)Oc2c(C)c(C)c(Sc3c(C)ccc(C)c3C)c(C)c2OC(=O)c2ccc(C(=O)OC)cc2)cc1.COC(=O)c1ccc(C(=O)Oc2ccc(Sc3cc[c]cc3)cc2)cc1.[c]1ccc(Sc2cc[c]cc2)cc1. The molecule has 0 fully saturated rings. The van der Waals surface area contributed by atoms with E-state index in [-0.39, 0.29) is 33.8 Å². The number of aryl methyl sites for hydroxylation is 2. The first kappa shape index (κ1) is 62.5. The van der Waals surface area contributed by atoms with Crippen molar-refractivity contribution in [3.05, 3.63) is 267 Å². The molecule has 3 radical (unpaired) electrons. The summed E-state index contributed by atoms with van der Waals surface area (Å²) in [5.41, 5.74) is 7.20. The van der Waals surface area contributed by atoms with E-state index in [2.05, 4.69) is 73.2 Å². The first-order chi connectivity index (χ1) is 40.5. The van der Waals surface area contributed by atoms with Crippen LogP contribution in [0.1, 0.15) is 95.5 Å². The molecule has 0 aliphatic rings. The molecule has 0 amide bonds. The fourth-order valence-corrected chi connectivity index (χ4v) is 10.8. The van der Waals surface area contributed by atoms with Crippen molar-refractivity contribution in [2.75, 3.05) is 21.3 Å². The van der Waals surface area contributed by atoms with Crippen LogP contribution in [0.25, 0.3) is 0 Å². The highest BCUT2D eigenvalue weighted by atomic mass is 32.2. The van der Waals surface area contributed by atoms with Gasteiger partial charge in [-0.25, -0.2) is 28.8 Å². The molecule has 0 atom stereocenters. The van der Waals surface area contributed by atoms with Crippen LogP contribution in [-0.2, 0) is 14.2 Å². The summed E-state index contributed by atoms with van der Waals surface area (Å²) in [6, 6.07) is 61.9. The maximum atomic E-state index is 13.4. The van der Waals surface area contributed by atoms with E-state index in [1.807, 2.05) is 81.4 Å². The van der Waals surface area contributed by atoms with E-state index < -0.39 is 35.8 Å². The zero-order valence-corrected chi connectivity index (χ0v) is 49.9. The zero-order valence-electron chi connectivity index (χ0n) is 47.4. The number of rotatable bonds is 15. The first-order valence-electron chi connectivity index (χ1n) is 25.9. The van der Waals surface area contributed by atoms with E-state index in [1.54, 1.807) is 54.3 Å². The highest BCUT2D eigenvalue weighted by Crippen LogP contribution is 2.47. The first-order valence-corrected chi connectivity index (χ1v) is 28.4. The minimum atomic E-state index is -0.698. The van der Waals surface area contributed by atoms with Crippen LogP contribution in [0.2, 0.25) is 0 Å². The minimum Gasteiger partial charge on any atom is -0.465 e. The second kappa shape index (κ2) is 30.2. The molecule has 0 spiro atoms. The molecule has 0 saturated heterocycles. The van der Waals surface area contributed by atoms with Crippen LogP contribution in [0.4, 0.5) is 0 Å². The van der Waals surface area contributed by atoms with Crippen LogP contribution >= 0.6 is 35.3 Å². The Morgan fingerprint density at radius 1 is 0.298 bits per heavy atom. The van der Waals surface area contributed by atoms with E-state index in [0.717, 1.165) is 41.8 Å². The Hall–Kier alpha value is -9.15. The van der Waals surface area contributed by atoms with Crippen molar-refractivity contribution in [3.63, 3.8) is 0 Å². The molecule has 84 heavy (non-hydrogen) atoms.